The molecule has 0 amide bonds. The maximum Gasteiger partial charge on any atom is 0.133 e. The van der Waals surface area contributed by atoms with Crippen LogP contribution >= 0.6 is 31.9 Å². The van der Waals surface area contributed by atoms with Gasteiger partial charge in [-0.3, -0.25) is 0 Å². The molecule has 0 N–H and O–H groups in total. The van der Waals surface area contributed by atoms with Crippen LogP contribution in [0.4, 0.5) is 0 Å². The Bertz CT molecular complexity index is 346. The van der Waals surface area contributed by atoms with Crippen molar-refractivity contribution in [2.24, 2.45) is 0 Å². The van der Waals surface area contributed by atoms with Gasteiger partial charge in [-0.2, -0.15) is 0 Å². The molecule has 3 heteroatoms. The van der Waals surface area contributed by atoms with Crippen molar-refractivity contribution in [3.63, 3.8) is 0 Å². The average Bonchev–Trinajstić information content (AvgIpc) is 2.33. The van der Waals surface area contributed by atoms with E-state index in [9.17, 15) is 0 Å². The lowest BCUT2D eigenvalue weighted by molar-refractivity contribution is 0.154. The van der Waals surface area contributed by atoms with Gasteiger partial charge in [0.25, 0.3) is 0 Å². The molecule has 0 spiro atoms. The van der Waals surface area contributed by atoms with Crippen LogP contribution in [0.5, 0.6) is 5.75 Å². The monoisotopic (exact) mass is 346 g/mol. The van der Waals surface area contributed by atoms with Crippen LogP contribution in [0.3, 0.4) is 0 Å². The molecular weight excluding hydrogens is 332 g/mol. The molecule has 1 nitrogen and oxygen atoms in total. The van der Waals surface area contributed by atoms with Crippen molar-refractivity contribution >= 4 is 31.9 Å². The Morgan fingerprint density at radius 2 is 1.94 bits per heavy atom. The first-order valence-electron chi connectivity index (χ1n) is 5.80. The van der Waals surface area contributed by atoms with Gasteiger partial charge in [0, 0.05) is 5.33 Å². The van der Waals surface area contributed by atoms with Crippen molar-refractivity contribution in [2.75, 3.05) is 0 Å². The van der Waals surface area contributed by atoms with Crippen molar-refractivity contribution in [3.8, 4) is 5.75 Å². The van der Waals surface area contributed by atoms with E-state index in [2.05, 4.69) is 50.1 Å². The zero-order chi connectivity index (χ0) is 11.4. The summed E-state index contributed by atoms with van der Waals surface area (Å²) in [6.45, 7) is 0. The average molecular weight is 348 g/mol. The van der Waals surface area contributed by atoms with Gasteiger partial charge in [-0.05, 0) is 59.3 Å². The van der Waals surface area contributed by atoms with E-state index in [0.29, 0.717) is 6.10 Å². The van der Waals surface area contributed by atoms with Crippen LogP contribution in [0.25, 0.3) is 0 Å². The third kappa shape index (κ3) is 3.24. The van der Waals surface area contributed by atoms with Gasteiger partial charge >= 0.3 is 0 Å². The molecule has 16 heavy (non-hydrogen) atoms. The molecule has 1 aromatic carbocycles. The van der Waals surface area contributed by atoms with Crippen molar-refractivity contribution in [2.45, 2.75) is 43.5 Å². The highest BCUT2D eigenvalue weighted by Crippen LogP contribution is 2.30. The molecule has 1 aliphatic rings. The van der Waals surface area contributed by atoms with E-state index in [1.54, 1.807) is 0 Å². The van der Waals surface area contributed by atoms with Crippen molar-refractivity contribution < 1.29 is 4.74 Å². The third-order valence-electron chi connectivity index (χ3n) is 3.00. The predicted molar refractivity (Wildman–Crippen MR) is 74.3 cm³/mol. The van der Waals surface area contributed by atoms with E-state index in [-0.39, 0.29) is 0 Å². The number of benzene rings is 1. The minimum atomic E-state index is 0.417. The van der Waals surface area contributed by atoms with Gasteiger partial charge in [-0.15, -0.1) is 0 Å². The molecular formula is C13H16Br2O. The van der Waals surface area contributed by atoms with E-state index < -0.39 is 0 Å². The van der Waals surface area contributed by atoms with Crippen molar-refractivity contribution in [1.29, 1.82) is 0 Å². The first-order valence-corrected chi connectivity index (χ1v) is 7.72. The van der Waals surface area contributed by atoms with Crippen LogP contribution < -0.4 is 4.74 Å². The summed E-state index contributed by atoms with van der Waals surface area (Å²) in [5, 5.41) is 0.884. The molecule has 1 aliphatic carbocycles. The van der Waals surface area contributed by atoms with E-state index in [0.717, 1.165) is 15.6 Å². The number of ether oxygens (including phenoxy) is 1. The fourth-order valence-corrected chi connectivity index (χ4v) is 2.95. The summed E-state index contributed by atoms with van der Waals surface area (Å²) in [5.74, 6) is 0.983. The molecule has 2 rings (SSSR count). The fraction of sp³-hybridized carbons (Fsp3) is 0.538. The second kappa shape index (κ2) is 6.06. The number of rotatable bonds is 3. The Balaban J connectivity index is 2.03. The second-order valence-electron chi connectivity index (χ2n) is 4.28. The molecule has 1 fully saturated rings. The smallest absolute Gasteiger partial charge is 0.133 e. The minimum Gasteiger partial charge on any atom is -0.489 e. The van der Waals surface area contributed by atoms with E-state index in [4.69, 9.17) is 4.74 Å². The largest absolute Gasteiger partial charge is 0.489 e. The number of hydrogen-bond acceptors (Lipinski definition) is 1. The molecule has 0 atom stereocenters. The fourth-order valence-electron chi connectivity index (χ4n) is 2.09. The maximum absolute atomic E-state index is 6.02. The summed E-state index contributed by atoms with van der Waals surface area (Å²) >= 11 is 7.02. The van der Waals surface area contributed by atoms with Crippen LogP contribution in [-0.4, -0.2) is 6.10 Å². The summed E-state index contributed by atoms with van der Waals surface area (Å²) in [5.41, 5.74) is 1.27. The van der Waals surface area contributed by atoms with Gasteiger partial charge in [-0.1, -0.05) is 28.4 Å². The quantitative estimate of drug-likeness (QED) is 0.695. The lowest BCUT2D eigenvalue weighted by Gasteiger charge is -2.23. The zero-order valence-corrected chi connectivity index (χ0v) is 12.4. The SMILES string of the molecule is BrCc1ccc(OC2CCCCC2)c(Br)c1. The molecule has 0 aromatic heterocycles. The molecule has 88 valence electrons. The normalized spacial score (nSPS) is 17.4. The Morgan fingerprint density at radius 3 is 2.56 bits per heavy atom. The summed E-state index contributed by atoms with van der Waals surface area (Å²) in [6, 6.07) is 6.29. The van der Waals surface area contributed by atoms with Gasteiger partial charge in [-0.25, -0.2) is 0 Å². The summed E-state index contributed by atoms with van der Waals surface area (Å²) < 4.78 is 7.09. The highest BCUT2D eigenvalue weighted by Gasteiger charge is 2.15. The maximum atomic E-state index is 6.02. The van der Waals surface area contributed by atoms with Crippen molar-refractivity contribution in [1.82, 2.24) is 0 Å². The second-order valence-corrected chi connectivity index (χ2v) is 5.69. The van der Waals surface area contributed by atoms with Crippen LogP contribution in [0.1, 0.15) is 37.7 Å². The van der Waals surface area contributed by atoms with Crippen LogP contribution in [-0.2, 0) is 5.33 Å². The molecule has 1 aromatic rings. The van der Waals surface area contributed by atoms with Gasteiger partial charge < -0.3 is 4.74 Å². The standard InChI is InChI=1S/C13H16Br2O/c14-9-10-6-7-13(12(15)8-10)16-11-4-2-1-3-5-11/h6-8,11H,1-5,9H2. The van der Waals surface area contributed by atoms with Crippen LogP contribution in [0.2, 0.25) is 0 Å². The molecule has 1 saturated carbocycles. The highest BCUT2D eigenvalue weighted by molar-refractivity contribution is 9.10. The van der Waals surface area contributed by atoms with Crippen LogP contribution in [0, 0.1) is 0 Å². The highest BCUT2D eigenvalue weighted by atomic mass is 79.9. The van der Waals surface area contributed by atoms with E-state index in [1.807, 2.05) is 0 Å². The van der Waals surface area contributed by atoms with Gasteiger partial charge in [0.05, 0.1) is 10.6 Å². The Morgan fingerprint density at radius 1 is 1.19 bits per heavy atom. The molecule has 0 saturated heterocycles. The number of hydrogen-bond donors (Lipinski definition) is 0. The van der Waals surface area contributed by atoms with E-state index in [1.165, 1.54) is 37.7 Å². The van der Waals surface area contributed by atoms with E-state index >= 15 is 0 Å². The Labute approximate surface area is 114 Å². The lowest BCUT2D eigenvalue weighted by atomic mass is 9.98. The minimum absolute atomic E-state index is 0.417. The Hall–Kier alpha value is -0.0200. The Kier molecular flexibility index (Phi) is 4.71. The third-order valence-corrected chi connectivity index (χ3v) is 4.26. The topological polar surface area (TPSA) is 9.23 Å². The molecule has 0 radical (unpaired) electrons. The van der Waals surface area contributed by atoms with Crippen LogP contribution in [0.15, 0.2) is 22.7 Å². The number of halogens is 2. The molecule has 0 aliphatic heterocycles. The number of alkyl halides is 1. The summed E-state index contributed by atoms with van der Waals surface area (Å²) in [7, 11) is 0. The summed E-state index contributed by atoms with van der Waals surface area (Å²) in [4.78, 5) is 0. The predicted octanol–water partition coefficient (Wildman–Crippen LogP) is 5.06. The first kappa shape index (κ1) is 12.4. The van der Waals surface area contributed by atoms with Crippen molar-refractivity contribution in [3.05, 3.63) is 28.2 Å². The molecule has 0 bridgehead atoms. The zero-order valence-electron chi connectivity index (χ0n) is 9.22. The summed E-state index contributed by atoms with van der Waals surface area (Å²) in [6.07, 6.45) is 6.80. The van der Waals surface area contributed by atoms with Gasteiger partial charge in [0.2, 0.25) is 0 Å². The lowest BCUT2D eigenvalue weighted by Crippen LogP contribution is -2.19. The van der Waals surface area contributed by atoms with Gasteiger partial charge in [0.15, 0.2) is 0 Å². The van der Waals surface area contributed by atoms with Gasteiger partial charge in [0.1, 0.15) is 5.75 Å². The first-order chi connectivity index (χ1) is 7.79. The molecule has 0 heterocycles. The molecule has 0 unspecified atom stereocenters.